The van der Waals surface area contributed by atoms with Crippen LogP contribution in [0, 0.1) is 0 Å². The largest absolute Gasteiger partial charge is 0.495 e. The van der Waals surface area contributed by atoms with Gasteiger partial charge < -0.3 is 28.8 Å². The van der Waals surface area contributed by atoms with Gasteiger partial charge >= 0.3 is 0 Å². The lowest BCUT2D eigenvalue weighted by Crippen LogP contribution is -2.01. The summed E-state index contributed by atoms with van der Waals surface area (Å²) in [5.41, 5.74) is 9.64. The fourth-order valence-electron chi connectivity index (χ4n) is 4.48. The van der Waals surface area contributed by atoms with Crippen molar-refractivity contribution in [2.45, 2.75) is 19.8 Å². The molecule has 0 aliphatic rings. The summed E-state index contributed by atoms with van der Waals surface area (Å²) < 4.78 is 30.7. The van der Waals surface area contributed by atoms with Crippen molar-refractivity contribution in [1.29, 1.82) is 0 Å². The van der Waals surface area contributed by atoms with Crippen molar-refractivity contribution in [2.24, 2.45) is 0 Å². The van der Waals surface area contributed by atoms with Gasteiger partial charge in [0.1, 0.15) is 28.4 Å². The maximum atomic E-state index is 6.27. The lowest BCUT2D eigenvalue weighted by atomic mass is 10.0. The van der Waals surface area contributed by atoms with Gasteiger partial charge in [-0.25, -0.2) is 0 Å². The molecule has 0 spiro atoms. The molecule has 0 aliphatic heterocycles. The number of benzene rings is 2. The Morgan fingerprint density at radius 3 is 2.37 bits per heavy atom. The first-order valence-electron chi connectivity index (χ1n) is 11.0. The van der Waals surface area contributed by atoms with Crippen LogP contribution in [0.5, 0.6) is 17.2 Å². The molecule has 2 N–H and O–H groups in total. The van der Waals surface area contributed by atoms with Gasteiger partial charge in [0.2, 0.25) is 11.6 Å². The molecule has 6 rings (SSSR count). The molecule has 10 nitrogen and oxygen atoms in total. The van der Waals surface area contributed by atoms with Gasteiger partial charge in [-0.2, -0.15) is 9.61 Å². The summed E-state index contributed by atoms with van der Waals surface area (Å²) >= 11 is 0. The minimum absolute atomic E-state index is 0.143. The number of nitrogen functional groups attached to an aromatic ring is 1. The summed E-state index contributed by atoms with van der Waals surface area (Å²) in [5, 5.41) is 15.4. The minimum atomic E-state index is 0.143. The van der Waals surface area contributed by atoms with E-state index in [1.54, 1.807) is 27.4 Å². The van der Waals surface area contributed by atoms with Crippen LogP contribution in [-0.2, 0) is 0 Å². The summed E-state index contributed by atoms with van der Waals surface area (Å²) in [6, 6.07) is 9.48. The summed E-state index contributed by atoms with van der Waals surface area (Å²) in [6.45, 7) is 4.16. The maximum absolute atomic E-state index is 6.27. The van der Waals surface area contributed by atoms with Crippen LogP contribution < -0.4 is 19.9 Å². The third-order valence-corrected chi connectivity index (χ3v) is 6.20. The van der Waals surface area contributed by atoms with Crippen molar-refractivity contribution in [1.82, 2.24) is 19.8 Å². The predicted octanol–water partition coefficient (Wildman–Crippen LogP) is 5.17. The Hall–Kier alpha value is -4.47. The lowest BCUT2D eigenvalue weighted by Gasteiger charge is -2.11. The number of hydrogen-bond donors (Lipinski definition) is 1. The molecule has 178 valence electrons. The van der Waals surface area contributed by atoms with E-state index in [0.29, 0.717) is 39.8 Å². The SMILES string of the molecule is COc1cc2oc3c(c(-c4ccc5oc(C(C)C)cc5c4OC)nn4c(N)nnc34)c2cc1OC. The quantitative estimate of drug-likeness (QED) is 0.361. The molecule has 10 heteroatoms. The minimum Gasteiger partial charge on any atom is -0.495 e. The molecule has 0 unspecified atom stereocenters. The second-order valence-corrected chi connectivity index (χ2v) is 8.51. The molecule has 4 aromatic heterocycles. The number of anilines is 1. The Kier molecular flexibility index (Phi) is 4.53. The smallest absolute Gasteiger partial charge is 0.243 e. The molecular formula is C25H23N5O5. The van der Waals surface area contributed by atoms with E-state index in [-0.39, 0.29) is 11.9 Å². The van der Waals surface area contributed by atoms with Crippen molar-refractivity contribution in [2.75, 3.05) is 27.1 Å². The van der Waals surface area contributed by atoms with E-state index in [1.807, 2.05) is 24.3 Å². The fourth-order valence-corrected chi connectivity index (χ4v) is 4.48. The third-order valence-electron chi connectivity index (χ3n) is 6.20. The molecule has 0 aliphatic carbocycles. The number of hydrogen-bond acceptors (Lipinski definition) is 9. The monoisotopic (exact) mass is 473 g/mol. The van der Waals surface area contributed by atoms with Gasteiger partial charge in [0.05, 0.1) is 32.1 Å². The Morgan fingerprint density at radius 2 is 1.66 bits per heavy atom. The molecule has 0 saturated heterocycles. The zero-order valence-corrected chi connectivity index (χ0v) is 19.9. The number of nitrogens with two attached hydrogens (primary N) is 1. The first kappa shape index (κ1) is 21.1. The third kappa shape index (κ3) is 2.92. The zero-order chi connectivity index (χ0) is 24.4. The van der Waals surface area contributed by atoms with E-state index in [0.717, 1.165) is 33.1 Å². The molecule has 2 aromatic carbocycles. The van der Waals surface area contributed by atoms with Gasteiger partial charge in [-0.1, -0.05) is 13.8 Å². The van der Waals surface area contributed by atoms with Crippen LogP contribution >= 0.6 is 0 Å². The number of ether oxygens (including phenoxy) is 3. The van der Waals surface area contributed by atoms with E-state index < -0.39 is 0 Å². The van der Waals surface area contributed by atoms with E-state index >= 15 is 0 Å². The highest BCUT2D eigenvalue weighted by molar-refractivity contribution is 6.16. The summed E-state index contributed by atoms with van der Waals surface area (Å²) in [6.07, 6.45) is 0. The van der Waals surface area contributed by atoms with Crippen LogP contribution in [0.2, 0.25) is 0 Å². The average molecular weight is 473 g/mol. The van der Waals surface area contributed by atoms with Crippen molar-refractivity contribution in [3.63, 3.8) is 0 Å². The van der Waals surface area contributed by atoms with Gasteiger partial charge in [0.15, 0.2) is 17.1 Å². The Bertz CT molecular complexity index is 1760. The number of methoxy groups -OCH3 is 3. The van der Waals surface area contributed by atoms with Gasteiger partial charge in [0, 0.05) is 22.9 Å². The van der Waals surface area contributed by atoms with Crippen molar-refractivity contribution in [3.05, 3.63) is 36.1 Å². The molecule has 35 heavy (non-hydrogen) atoms. The zero-order valence-electron chi connectivity index (χ0n) is 19.9. The van der Waals surface area contributed by atoms with Crippen LogP contribution in [0.3, 0.4) is 0 Å². The van der Waals surface area contributed by atoms with E-state index in [9.17, 15) is 0 Å². The predicted molar refractivity (Wildman–Crippen MR) is 131 cm³/mol. The molecule has 0 atom stereocenters. The van der Waals surface area contributed by atoms with Crippen molar-refractivity contribution >= 4 is 44.5 Å². The highest BCUT2D eigenvalue weighted by Gasteiger charge is 2.25. The summed E-state index contributed by atoms with van der Waals surface area (Å²) in [5.74, 6) is 2.99. The number of aromatic nitrogens is 4. The Balaban J connectivity index is 1.77. The standard InChI is InChI=1S/C25H23N5O5/c1-11(2)16-9-14-15(34-16)7-6-12(22(14)33-5)21-20-13-8-18(31-3)19(32-4)10-17(13)35-23(20)24-27-28-25(26)30(24)29-21/h6-11H,1-5H3,(H2,26,28). The second-order valence-electron chi connectivity index (χ2n) is 8.51. The van der Waals surface area contributed by atoms with Crippen molar-refractivity contribution in [3.8, 4) is 28.5 Å². The molecule has 0 radical (unpaired) electrons. The molecule has 0 amide bonds. The first-order chi connectivity index (χ1) is 16.9. The highest BCUT2D eigenvalue weighted by atomic mass is 16.5. The van der Waals surface area contributed by atoms with E-state index in [4.69, 9.17) is 33.9 Å². The van der Waals surface area contributed by atoms with Gasteiger partial charge in [0.25, 0.3) is 0 Å². The molecule has 0 bridgehead atoms. The Labute approximate surface area is 199 Å². The van der Waals surface area contributed by atoms with Crippen LogP contribution in [0.25, 0.3) is 49.8 Å². The lowest BCUT2D eigenvalue weighted by molar-refractivity contribution is 0.355. The van der Waals surface area contributed by atoms with Crippen LogP contribution in [0.1, 0.15) is 25.5 Å². The molecule has 0 saturated carbocycles. The first-order valence-corrected chi connectivity index (χ1v) is 11.0. The van der Waals surface area contributed by atoms with Crippen molar-refractivity contribution < 1.29 is 23.0 Å². The summed E-state index contributed by atoms with van der Waals surface area (Å²) in [7, 11) is 4.79. The second kappa shape index (κ2) is 7.52. The highest BCUT2D eigenvalue weighted by Crippen LogP contribution is 2.45. The molecule has 4 heterocycles. The van der Waals surface area contributed by atoms with E-state index in [2.05, 4.69) is 24.0 Å². The molecule has 6 aromatic rings. The van der Waals surface area contributed by atoms with Gasteiger partial charge in [-0.3, -0.25) is 0 Å². The molecule has 0 fully saturated rings. The number of nitrogens with zero attached hydrogens (tertiary/aromatic N) is 4. The van der Waals surface area contributed by atoms with Gasteiger partial charge in [-0.15, -0.1) is 10.2 Å². The number of rotatable bonds is 5. The number of furan rings is 2. The molecular weight excluding hydrogens is 450 g/mol. The maximum Gasteiger partial charge on any atom is 0.243 e. The average Bonchev–Trinajstić information content (AvgIpc) is 3.56. The van der Waals surface area contributed by atoms with Crippen LogP contribution in [0.15, 0.2) is 39.2 Å². The topological polar surface area (TPSA) is 123 Å². The van der Waals surface area contributed by atoms with Crippen LogP contribution in [-0.4, -0.2) is 41.1 Å². The summed E-state index contributed by atoms with van der Waals surface area (Å²) in [4.78, 5) is 0. The van der Waals surface area contributed by atoms with Gasteiger partial charge in [-0.05, 0) is 24.3 Å². The fraction of sp³-hybridized carbons (Fsp3) is 0.240. The van der Waals surface area contributed by atoms with Crippen LogP contribution in [0.4, 0.5) is 5.95 Å². The number of fused-ring (bicyclic) bond motifs is 6. The normalized spacial score (nSPS) is 11.9. The van der Waals surface area contributed by atoms with E-state index in [1.165, 1.54) is 4.52 Å². The Morgan fingerprint density at radius 1 is 0.886 bits per heavy atom.